The molecule has 2 atom stereocenters. The van der Waals surface area contributed by atoms with Gasteiger partial charge in [0, 0.05) is 51.9 Å². The Morgan fingerprint density at radius 2 is 1.85 bits per heavy atom. The normalized spacial score (nSPS) is 22.0. The largest absolute Gasteiger partial charge is 0.357 e. The molecule has 5 amide bonds. The maximum atomic E-state index is 13.6. The molecule has 39 heavy (non-hydrogen) atoms. The van der Waals surface area contributed by atoms with Gasteiger partial charge in [0.1, 0.15) is 17.3 Å². The number of carbonyl (C=O) groups is 4. The van der Waals surface area contributed by atoms with Crippen molar-refractivity contribution in [2.24, 2.45) is 13.0 Å². The van der Waals surface area contributed by atoms with E-state index in [1.165, 1.54) is 4.68 Å². The first-order valence-electron chi connectivity index (χ1n) is 13.8. The fourth-order valence-electron chi connectivity index (χ4n) is 6.37. The van der Waals surface area contributed by atoms with Crippen molar-refractivity contribution in [2.75, 3.05) is 25.5 Å². The third kappa shape index (κ3) is 5.22. The summed E-state index contributed by atoms with van der Waals surface area (Å²) in [6, 6.07) is 6.36. The molecule has 1 saturated heterocycles. The minimum absolute atomic E-state index is 0.0452. The standard InChI is InChI=1S/C28H37N7O4/c1-29-26(38)28(35-14-6-12-30-27(35)39)16-19-9-10-21(15-20(19)17-28)32-25(37)23(18-7-4-3-5-8-18)33-24(36)22-11-13-31-34(22)2/h9-11,13,15,18,23H,3-8,12,14,16-17H2,1-2H3,(H,29,38)(H,30,39)(H,32,37)(H,33,36)/t23-,28?/m0/s1. The summed E-state index contributed by atoms with van der Waals surface area (Å²) in [4.78, 5) is 54.1. The van der Waals surface area contributed by atoms with Gasteiger partial charge in [0.2, 0.25) is 11.8 Å². The van der Waals surface area contributed by atoms with Crippen LogP contribution in [0.3, 0.4) is 0 Å². The van der Waals surface area contributed by atoms with Gasteiger partial charge in [-0.15, -0.1) is 0 Å². The molecule has 11 nitrogen and oxygen atoms in total. The van der Waals surface area contributed by atoms with Crippen molar-refractivity contribution in [1.82, 2.24) is 30.6 Å². The lowest BCUT2D eigenvalue weighted by Gasteiger charge is -2.41. The van der Waals surface area contributed by atoms with E-state index >= 15 is 0 Å². The van der Waals surface area contributed by atoms with Crippen molar-refractivity contribution in [3.05, 3.63) is 47.3 Å². The van der Waals surface area contributed by atoms with Crippen LogP contribution in [0.2, 0.25) is 0 Å². The smallest absolute Gasteiger partial charge is 0.318 e. The highest BCUT2D eigenvalue weighted by Crippen LogP contribution is 2.37. The Balaban J connectivity index is 1.35. The highest BCUT2D eigenvalue weighted by Gasteiger charge is 2.50. The van der Waals surface area contributed by atoms with Gasteiger partial charge in [-0.1, -0.05) is 25.3 Å². The zero-order valence-corrected chi connectivity index (χ0v) is 22.6. The summed E-state index contributed by atoms with van der Waals surface area (Å²) in [7, 11) is 3.28. The van der Waals surface area contributed by atoms with Crippen LogP contribution < -0.4 is 21.3 Å². The van der Waals surface area contributed by atoms with Crippen LogP contribution in [0.1, 0.15) is 60.1 Å². The van der Waals surface area contributed by atoms with Crippen LogP contribution in [0.5, 0.6) is 0 Å². The molecule has 0 bridgehead atoms. The molecule has 0 radical (unpaired) electrons. The molecule has 5 rings (SSSR count). The zero-order chi connectivity index (χ0) is 27.6. The quantitative estimate of drug-likeness (QED) is 0.428. The van der Waals surface area contributed by atoms with E-state index in [9.17, 15) is 19.2 Å². The first-order chi connectivity index (χ1) is 18.8. The van der Waals surface area contributed by atoms with Crippen molar-refractivity contribution in [3.8, 4) is 0 Å². The van der Waals surface area contributed by atoms with E-state index in [1.807, 2.05) is 18.2 Å². The summed E-state index contributed by atoms with van der Waals surface area (Å²) in [6.45, 7) is 1.11. The molecule has 11 heteroatoms. The van der Waals surface area contributed by atoms with Gasteiger partial charge in [0.25, 0.3) is 5.91 Å². The van der Waals surface area contributed by atoms with Gasteiger partial charge >= 0.3 is 6.03 Å². The summed E-state index contributed by atoms with van der Waals surface area (Å²) >= 11 is 0. The predicted molar refractivity (Wildman–Crippen MR) is 145 cm³/mol. The average molecular weight is 536 g/mol. The third-order valence-corrected chi connectivity index (χ3v) is 8.43. The SMILES string of the molecule is CNC(=O)C1(N2CCCNC2=O)Cc2ccc(NC(=O)[C@@H](NC(=O)c3ccnn3C)C3CCCCC3)cc2C1. The number of anilines is 1. The van der Waals surface area contributed by atoms with E-state index in [1.54, 1.807) is 31.3 Å². The Kier molecular flexibility index (Phi) is 7.58. The highest BCUT2D eigenvalue weighted by atomic mass is 16.2. The van der Waals surface area contributed by atoms with Crippen molar-refractivity contribution in [2.45, 2.75) is 62.9 Å². The van der Waals surface area contributed by atoms with Crippen LogP contribution in [0.25, 0.3) is 0 Å². The molecule has 208 valence electrons. The molecular weight excluding hydrogens is 498 g/mol. The van der Waals surface area contributed by atoms with E-state index in [4.69, 9.17) is 0 Å². The molecule has 1 aliphatic heterocycles. The minimum atomic E-state index is -1.01. The summed E-state index contributed by atoms with van der Waals surface area (Å²) in [5.41, 5.74) is 1.89. The van der Waals surface area contributed by atoms with Gasteiger partial charge in [0.05, 0.1) is 0 Å². The van der Waals surface area contributed by atoms with Crippen molar-refractivity contribution in [1.29, 1.82) is 0 Å². The second kappa shape index (κ2) is 11.1. The average Bonchev–Trinajstić information content (AvgIpc) is 3.55. The fraction of sp³-hybridized carbons (Fsp3) is 0.536. The molecule has 1 aromatic heterocycles. The summed E-state index contributed by atoms with van der Waals surface area (Å²) in [5.74, 6) is -0.742. The van der Waals surface area contributed by atoms with Crippen LogP contribution >= 0.6 is 0 Å². The van der Waals surface area contributed by atoms with Crippen molar-refractivity contribution >= 4 is 29.4 Å². The van der Waals surface area contributed by atoms with Gasteiger partial charge < -0.3 is 26.2 Å². The topological polar surface area (TPSA) is 137 Å². The number of benzene rings is 1. The zero-order valence-electron chi connectivity index (χ0n) is 22.6. The van der Waals surface area contributed by atoms with Crippen LogP contribution in [-0.4, -0.2) is 70.2 Å². The molecule has 4 N–H and O–H groups in total. The summed E-state index contributed by atoms with van der Waals surface area (Å²) in [5, 5.41) is 15.7. The van der Waals surface area contributed by atoms with E-state index in [0.717, 1.165) is 49.7 Å². The van der Waals surface area contributed by atoms with Gasteiger partial charge in [-0.3, -0.25) is 19.1 Å². The number of aromatic nitrogens is 2. The molecule has 2 fully saturated rings. The van der Waals surface area contributed by atoms with Gasteiger partial charge in [-0.05, 0) is 54.5 Å². The Labute approximate surface area is 228 Å². The van der Waals surface area contributed by atoms with E-state index in [0.29, 0.717) is 37.3 Å². The van der Waals surface area contributed by atoms with Crippen molar-refractivity contribution in [3.63, 3.8) is 0 Å². The summed E-state index contributed by atoms with van der Waals surface area (Å²) in [6.07, 6.45) is 8.05. The summed E-state index contributed by atoms with van der Waals surface area (Å²) < 4.78 is 1.49. The molecule has 3 aliphatic rings. The number of carbonyl (C=O) groups excluding carboxylic acids is 4. The minimum Gasteiger partial charge on any atom is -0.357 e. The van der Waals surface area contributed by atoms with Crippen molar-refractivity contribution < 1.29 is 19.2 Å². The second-order valence-electron chi connectivity index (χ2n) is 10.9. The molecule has 0 spiro atoms. The van der Waals surface area contributed by atoms with Gasteiger partial charge in [-0.25, -0.2) is 4.79 Å². The highest BCUT2D eigenvalue weighted by molar-refractivity contribution is 6.01. The number of rotatable bonds is 7. The molecule has 1 saturated carbocycles. The van der Waals surface area contributed by atoms with Crippen LogP contribution in [-0.2, 0) is 29.5 Å². The monoisotopic (exact) mass is 535 g/mol. The Bertz CT molecular complexity index is 1270. The van der Waals surface area contributed by atoms with Crippen LogP contribution in [0, 0.1) is 5.92 Å². The molecule has 2 heterocycles. The Hall–Kier alpha value is -3.89. The second-order valence-corrected chi connectivity index (χ2v) is 10.9. The number of nitrogens with zero attached hydrogens (tertiary/aromatic N) is 3. The number of likely N-dealkylation sites (N-methyl/N-ethyl adjacent to an activating group) is 1. The first kappa shape index (κ1) is 26.7. The van der Waals surface area contributed by atoms with E-state index in [2.05, 4.69) is 26.4 Å². The maximum Gasteiger partial charge on any atom is 0.318 e. The molecular formula is C28H37N7O4. The number of aryl methyl sites for hydroxylation is 1. The van der Waals surface area contributed by atoms with Crippen LogP contribution in [0.4, 0.5) is 10.5 Å². The predicted octanol–water partition coefficient (Wildman–Crippen LogP) is 1.74. The number of amides is 5. The number of urea groups is 1. The molecule has 2 aliphatic carbocycles. The maximum absolute atomic E-state index is 13.6. The first-order valence-corrected chi connectivity index (χ1v) is 13.8. The molecule has 2 aromatic rings. The number of hydrogen-bond donors (Lipinski definition) is 4. The number of hydrogen-bond acceptors (Lipinski definition) is 5. The van der Waals surface area contributed by atoms with Gasteiger partial charge in [-0.2, -0.15) is 5.10 Å². The lowest BCUT2D eigenvalue weighted by molar-refractivity contribution is -0.131. The third-order valence-electron chi connectivity index (χ3n) is 8.43. The Morgan fingerprint density at radius 1 is 1.08 bits per heavy atom. The van der Waals surface area contributed by atoms with E-state index in [-0.39, 0.29) is 29.7 Å². The Morgan fingerprint density at radius 3 is 2.54 bits per heavy atom. The van der Waals surface area contributed by atoms with E-state index < -0.39 is 11.6 Å². The number of fused-ring (bicyclic) bond motifs is 1. The molecule has 1 unspecified atom stereocenters. The van der Waals surface area contributed by atoms with Crippen LogP contribution in [0.15, 0.2) is 30.5 Å². The molecule has 1 aromatic carbocycles. The lowest BCUT2D eigenvalue weighted by atomic mass is 9.83. The number of nitrogens with one attached hydrogen (secondary N) is 4. The fourth-order valence-corrected chi connectivity index (χ4v) is 6.37. The van der Waals surface area contributed by atoms with Gasteiger partial charge in [0.15, 0.2) is 0 Å². The lowest BCUT2D eigenvalue weighted by Crippen LogP contribution is -2.65.